The van der Waals surface area contributed by atoms with Crippen molar-refractivity contribution >= 4 is 17.6 Å². The van der Waals surface area contributed by atoms with Crippen LogP contribution in [-0.2, 0) is 9.53 Å². The quantitative estimate of drug-likeness (QED) is 0.568. The second-order valence-electron chi connectivity index (χ2n) is 3.21. The SMILES string of the molecule is CCOC(=O)CCCOc1cccc(Cl)c1. The second kappa shape index (κ2) is 7.12. The summed E-state index contributed by atoms with van der Waals surface area (Å²) in [6, 6.07) is 7.18. The highest BCUT2D eigenvalue weighted by atomic mass is 35.5. The van der Waals surface area contributed by atoms with Crippen molar-refractivity contribution in [1.29, 1.82) is 0 Å². The summed E-state index contributed by atoms with van der Waals surface area (Å²) in [6.07, 6.45) is 1.03. The van der Waals surface area contributed by atoms with Crippen LogP contribution in [0.25, 0.3) is 0 Å². The summed E-state index contributed by atoms with van der Waals surface area (Å²) >= 11 is 5.80. The van der Waals surface area contributed by atoms with E-state index in [2.05, 4.69) is 0 Å². The average molecular weight is 243 g/mol. The molecule has 1 rings (SSSR count). The minimum atomic E-state index is -0.183. The van der Waals surface area contributed by atoms with Gasteiger partial charge in [0.2, 0.25) is 0 Å². The highest BCUT2D eigenvalue weighted by molar-refractivity contribution is 6.30. The number of hydrogen-bond acceptors (Lipinski definition) is 3. The molecule has 0 saturated carbocycles. The van der Waals surface area contributed by atoms with Crippen LogP contribution in [0.2, 0.25) is 5.02 Å². The normalized spacial score (nSPS) is 9.88. The third-order valence-electron chi connectivity index (χ3n) is 1.90. The van der Waals surface area contributed by atoms with Crippen LogP contribution in [0.15, 0.2) is 24.3 Å². The summed E-state index contributed by atoms with van der Waals surface area (Å²) in [6.45, 7) is 2.70. The Bertz CT molecular complexity index is 339. The Morgan fingerprint density at radius 3 is 2.94 bits per heavy atom. The van der Waals surface area contributed by atoms with E-state index in [9.17, 15) is 4.79 Å². The number of rotatable bonds is 6. The molecule has 0 amide bonds. The fourth-order valence-corrected chi connectivity index (χ4v) is 1.38. The van der Waals surface area contributed by atoms with Crippen LogP contribution in [0.1, 0.15) is 19.8 Å². The highest BCUT2D eigenvalue weighted by Crippen LogP contribution is 2.17. The molecule has 0 aliphatic rings. The van der Waals surface area contributed by atoms with E-state index in [1.165, 1.54) is 0 Å². The van der Waals surface area contributed by atoms with Crippen molar-refractivity contribution in [3.8, 4) is 5.75 Å². The van der Waals surface area contributed by atoms with Gasteiger partial charge in [-0.25, -0.2) is 0 Å². The molecule has 0 heterocycles. The molecule has 88 valence electrons. The Kier molecular flexibility index (Phi) is 5.72. The van der Waals surface area contributed by atoms with Gasteiger partial charge in [0.15, 0.2) is 0 Å². The van der Waals surface area contributed by atoms with Gasteiger partial charge in [-0.1, -0.05) is 17.7 Å². The summed E-state index contributed by atoms with van der Waals surface area (Å²) in [5, 5.41) is 0.642. The Balaban J connectivity index is 2.18. The van der Waals surface area contributed by atoms with Crippen LogP contribution in [0.5, 0.6) is 5.75 Å². The first-order chi connectivity index (χ1) is 7.72. The first-order valence-electron chi connectivity index (χ1n) is 5.26. The lowest BCUT2D eigenvalue weighted by atomic mass is 10.3. The minimum Gasteiger partial charge on any atom is -0.494 e. The zero-order chi connectivity index (χ0) is 11.8. The molecule has 1 aromatic rings. The molecular weight excluding hydrogens is 228 g/mol. The van der Waals surface area contributed by atoms with Gasteiger partial charge < -0.3 is 9.47 Å². The molecule has 0 aliphatic carbocycles. The Morgan fingerprint density at radius 2 is 2.25 bits per heavy atom. The predicted molar refractivity (Wildman–Crippen MR) is 62.8 cm³/mol. The van der Waals surface area contributed by atoms with E-state index in [1.54, 1.807) is 19.1 Å². The zero-order valence-corrected chi connectivity index (χ0v) is 10.00. The number of benzene rings is 1. The molecule has 16 heavy (non-hydrogen) atoms. The van der Waals surface area contributed by atoms with E-state index in [-0.39, 0.29) is 5.97 Å². The van der Waals surface area contributed by atoms with Crippen LogP contribution >= 0.6 is 11.6 Å². The summed E-state index contributed by atoms with van der Waals surface area (Å²) in [4.78, 5) is 11.0. The van der Waals surface area contributed by atoms with Gasteiger partial charge in [-0.2, -0.15) is 0 Å². The van der Waals surface area contributed by atoms with Gasteiger partial charge in [-0.3, -0.25) is 4.79 Å². The molecule has 0 aromatic heterocycles. The highest BCUT2D eigenvalue weighted by Gasteiger charge is 2.01. The predicted octanol–water partition coefficient (Wildman–Crippen LogP) is 3.06. The van der Waals surface area contributed by atoms with Crippen LogP contribution in [0, 0.1) is 0 Å². The monoisotopic (exact) mass is 242 g/mol. The third-order valence-corrected chi connectivity index (χ3v) is 2.13. The standard InChI is InChI=1S/C12H15ClO3/c1-2-15-12(14)7-4-8-16-11-6-3-5-10(13)9-11/h3,5-6,9H,2,4,7-8H2,1H3. The first kappa shape index (κ1) is 12.8. The number of ether oxygens (including phenoxy) is 2. The van der Waals surface area contributed by atoms with Crippen molar-refractivity contribution in [2.45, 2.75) is 19.8 Å². The molecular formula is C12H15ClO3. The molecule has 0 bridgehead atoms. The maximum atomic E-state index is 11.0. The van der Waals surface area contributed by atoms with Crippen molar-refractivity contribution < 1.29 is 14.3 Å². The number of carbonyl (C=O) groups excluding carboxylic acids is 1. The van der Waals surface area contributed by atoms with Crippen molar-refractivity contribution in [1.82, 2.24) is 0 Å². The van der Waals surface area contributed by atoms with E-state index in [4.69, 9.17) is 21.1 Å². The summed E-state index contributed by atoms with van der Waals surface area (Å²) in [5.74, 6) is 0.536. The average Bonchev–Trinajstić information content (AvgIpc) is 2.25. The van der Waals surface area contributed by atoms with E-state index in [0.29, 0.717) is 31.1 Å². The van der Waals surface area contributed by atoms with Gasteiger partial charge in [-0.15, -0.1) is 0 Å². The molecule has 4 heteroatoms. The summed E-state index contributed by atoms with van der Waals surface area (Å²) in [7, 11) is 0. The van der Waals surface area contributed by atoms with Crippen LogP contribution in [0.4, 0.5) is 0 Å². The van der Waals surface area contributed by atoms with Crippen molar-refractivity contribution in [2.75, 3.05) is 13.2 Å². The largest absolute Gasteiger partial charge is 0.494 e. The molecule has 0 fully saturated rings. The topological polar surface area (TPSA) is 35.5 Å². The van der Waals surface area contributed by atoms with Gasteiger partial charge in [-0.05, 0) is 31.5 Å². The fourth-order valence-electron chi connectivity index (χ4n) is 1.20. The number of hydrogen-bond donors (Lipinski definition) is 0. The lowest BCUT2D eigenvalue weighted by molar-refractivity contribution is -0.143. The summed E-state index contributed by atoms with van der Waals surface area (Å²) in [5.41, 5.74) is 0. The van der Waals surface area contributed by atoms with Crippen molar-refractivity contribution in [3.05, 3.63) is 29.3 Å². The molecule has 0 saturated heterocycles. The van der Waals surface area contributed by atoms with E-state index in [0.717, 1.165) is 5.75 Å². The Hall–Kier alpha value is -1.22. The van der Waals surface area contributed by atoms with E-state index < -0.39 is 0 Å². The molecule has 0 spiro atoms. The van der Waals surface area contributed by atoms with Gasteiger partial charge in [0.1, 0.15) is 5.75 Å². The van der Waals surface area contributed by atoms with E-state index in [1.807, 2.05) is 12.1 Å². The van der Waals surface area contributed by atoms with Crippen molar-refractivity contribution in [3.63, 3.8) is 0 Å². The van der Waals surface area contributed by atoms with Gasteiger partial charge in [0, 0.05) is 11.4 Å². The maximum absolute atomic E-state index is 11.0. The Morgan fingerprint density at radius 1 is 1.44 bits per heavy atom. The lowest BCUT2D eigenvalue weighted by Crippen LogP contribution is -2.06. The number of esters is 1. The molecule has 3 nitrogen and oxygen atoms in total. The van der Waals surface area contributed by atoms with Crippen molar-refractivity contribution in [2.24, 2.45) is 0 Å². The lowest BCUT2D eigenvalue weighted by Gasteiger charge is -2.06. The molecule has 0 unspecified atom stereocenters. The Labute approximate surface area is 100 Å². The number of carbonyl (C=O) groups is 1. The van der Waals surface area contributed by atoms with Gasteiger partial charge in [0.25, 0.3) is 0 Å². The minimum absolute atomic E-state index is 0.183. The summed E-state index contributed by atoms with van der Waals surface area (Å²) < 4.78 is 10.2. The van der Waals surface area contributed by atoms with Gasteiger partial charge >= 0.3 is 5.97 Å². The molecule has 0 radical (unpaired) electrons. The van der Waals surface area contributed by atoms with Crippen LogP contribution < -0.4 is 4.74 Å². The maximum Gasteiger partial charge on any atom is 0.305 e. The van der Waals surface area contributed by atoms with E-state index >= 15 is 0 Å². The van der Waals surface area contributed by atoms with Gasteiger partial charge in [0.05, 0.1) is 13.2 Å². The molecule has 0 N–H and O–H groups in total. The second-order valence-corrected chi connectivity index (χ2v) is 3.65. The molecule has 1 aromatic carbocycles. The van der Waals surface area contributed by atoms with Crippen LogP contribution in [0.3, 0.4) is 0 Å². The molecule has 0 aliphatic heterocycles. The number of halogens is 1. The molecule has 0 atom stereocenters. The fraction of sp³-hybridized carbons (Fsp3) is 0.417. The zero-order valence-electron chi connectivity index (χ0n) is 9.24. The van der Waals surface area contributed by atoms with Crippen LogP contribution in [-0.4, -0.2) is 19.2 Å². The smallest absolute Gasteiger partial charge is 0.305 e. The third kappa shape index (κ3) is 5.03. The first-order valence-corrected chi connectivity index (χ1v) is 5.64.